The molecule has 2 aromatic carbocycles. The van der Waals surface area contributed by atoms with Crippen LogP contribution in [0.25, 0.3) is 22.4 Å². The van der Waals surface area contributed by atoms with Crippen LogP contribution < -0.4 is 10.6 Å². The highest BCUT2D eigenvalue weighted by Crippen LogP contribution is 2.34. The SMILES string of the molecule is Cc1ccc(-c2nc(C=N)c(NC[C@@H]3CCNC3)cc2-c2ccc(C#N)cc2)cc1. The van der Waals surface area contributed by atoms with Crippen molar-refractivity contribution in [1.82, 2.24) is 10.3 Å². The van der Waals surface area contributed by atoms with Gasteiger partial charge >= 0.3 is 0 Å². The number of anilines is 1. The molecule has 4 rings (SSSR count). The average Bonchev–Trinajstić information content (AvgIpc) is 3.31. The first-order valence-corrected chi connectivity index (χ1v) is 10.3. The van der Waals surface area contributed by atoms with Gasteiger partial charge in [-0.2, -0.15) is 5.26 Å². The number of nitrogens with one attached hydrogen (secondary N) is 3. The molecule has 3 N–H and O–H groups in total. The van der Waals surface area contributed by atoms with Crippen LogP contribution in [0.5, 0.6) is 0 Å². The summed E-state index contributed by atoms with van der Waals surface area (Å²) in [5, 5.41) is 24.0. The lowest BCUT2D eigenvalue weighted by Crippen LogP contribution is -2.18. The van der Waals surface area contributed by atoms with E-state index in [2.05, 4.69) is 54.0 Å². The fraction of sp³-hybridized carbons (Fsp3) is 0.240. The number of nitrogens with zero attached hydrogens (tertiary/aromatic N) is 2. The number of rotatable bonds is 6. The van der Waals surface area contributed by atoms with Gasteiger partial charge in [0.2, 0.25) is 0 Å². The van der Waals surface area contributed by atoms with Crippen molar-refractivity contribution >= 4 is 11.9 Å². The third-order valence-electron chi connectivity index (χ3n) is 5.58. The lowest BCUT2D eigenvalue weighted by Gasteiger charge is -2.17. The van der Waals surface area contributed by atoms with Crippen LogP contribution in [0.2, 0.25) is 0 Å². The minimum atomic E-state index is 0.582. The molecule has 1 saturated heterocycles. The molecule has 30 heavy (non-hydrogen) atoms. The number of nitriles is 1. The molecule has 0 bridgehead atoms. The predicted molar refractivity (Wildman–Crippen MR) is 122 cm³/mol. The highest BCUT2D eigenvalue weighted by molar-refractivity contribution is 5.91. The lowest BCUT2D eigenvalue weighted by atomic mass is 9.96. The quantitative estimate of drug-likeness (QED) is 0.532. The van der Waals surface area contributed by atoms with E-state index in [9.17, 15) is 0 Å². The number of benzene rings is 2. The minimum absolute atomic E-state index is 0.582. The van der Waals surface area contributed by atoms with Crippen LogP contribution in [-0.4, -0.2) is 30.8 Å². The van der Waals surface area contributed by atoms with E-state index in [0.717, 1.165) is 54.1 Å². The maximum Gasteiger partial charge on any atom is 0.104 e. The Labute approximate surface area is 177 Å². The Balaban J connectivity index is 1.79. The van der Waals surface area contributed by atoms with Crippen molar-refractivity contribution in [2.24, 2.45) is 5.92 Å². The maximum absolute atomic E-state index is 9.14. The van der Waals surface area contributed by atoms with E-state index in [0.29, 0.717) is 17.2 Å². The predicted octanol–water partition coefficient (Wildman–Crippen LogP) is 4.61. The lowest BCUT2D eigenvalue weighted by molar-refractivity contribution is 0.615. The van der Waals surface area contributed by atoms with Crippen LogP contribution in [-0.2, 0) is 0 Å². The van der Waals surface area contributed by atoms with Crippen LogP contribution >= 0.6 is 0 Å². The highest BCUT2D eigenvalue weighted by atomic mass is 15.0. The molecular formula is C25H25N5. The van der Waals surface area contributed by atoms with Crippen LogP contribution in [0, 0.1) is 29.6 Å². The fourth-order valence-corrected chi connectivity index (χ4v) is 3.80. The summed E-state index contributed by atoms with van der Waals surface area (Å²) in [5.74, 6) is 0.582. The van der Waals surface area contributed by atoms with Crippen molar-refractivity contribution in [1.29, 1.82) is 10.7 Å². The molecule has 0 radical (unpaired) electrons. The largest absolute Gasteiger partial charge is 0.383 e. The van der Waals surface area contributed by atoms with E-state index in [1.54, 1.807) is 0 Å². The van der Waals surface area contributed by atoms with Gasteiger partial charge in [0.15, 0.2) is 0 Å². The van der Waals surface area contributed by atoms with Gasteiger partial charge in [-0.3, -0.25) is 0 Å². The van der Waals surface area contributed by atoms with Gasteiger partial charge in [0, 0.05) is 23.9 Å². The first kappa shape index (κ1) is 19.8. The Morgan fingerprint density at radius 3 is 2.53 bits per heavy atom. The first-order valence-electron chi connectivity index (χ1n) is 10.3. The summed E-state index contributed by atoms with van der Waals surface area (Å²) in [7, 11) is 0. The molecule has 5 nitrogen and oxygen atoms in total. The maximum atomic E-state index is 9.14. The van der Waals surface area contributed by atoms with E-state index in [1.807, 2.05) is 24.3 Å². The first-order chi connectivity index (χ1) is 14.7. The van der Waals surface area contributed by atoms with Crippen LogP contribution in [0.4, 0.5) is 5.69 Å². The van der Waals surface area contributed by atoms with Crippen molar-refractivity contribution in [2.45, 2.75) is 13.3 Å². The molecule has 1 aromatic heterocycles. The number of aromatic nitrogens is 1. The summed E-state index contributed by atoms with van der Waals surface area (Å²) >= 11 is 0. The van der Waals surface area contributed by atoms with Gasteiger partial charge < -0.3 is 16.0 Å². The highest BCUT2D eigenvalue weighted by Gasteiger charge is 2.17. The normalized spacial score (nSPS) is 15.5. The van der Waals surface area contributed by atoms with Crippen molar-refractivity contribution in [3.05, 3.63) is 71.4 Å². The molecule has 0 saturated carbocycles. The van der Waals surface area contributed by atoms with Crippen LogP contribution in [0.3, 0.4) is 0 Å². The molecule has 3 aromatic rings. The van der Waals surface area contributed by atoms with E-state index >= 15 is 0 Å². The Hall–Kier alpha value is -3.49. The molecule has 0 aliphatic carbocycles. The smallest absolute Gasteiger partial charge is 0.104 e. The topological polar surface area (TPSA) is 84.6 Å². The van der Waals surface area contributed by atoms with E-state index in [4.69, 9.17) is 15.7 Å². The van der Waals surface area contributed by atoms with Gasteiger partial charge in [-0.05, 0) is 56.1 Å². The summed E-state index contributed by atoms with van der Waals surface area (Å²) in [6, 6.07) is 20.1. The summed E-state index contributed by atoms with van der Waals surface area (Å²) in [6.07, 6.45) is 2.47. The van der Waals surface area contributed by atoms with Crippen molar-refractivity contribution in [2.75, 3.05) is 25.0 Å². The zero-order chi connectivity index (χ0) is 20.9. The van der Waals surface area contributed by atoms with Gasteiger partial charge in [0.1, 0.15) is 5.69 Å². The number of hydrogen-bond acceptors (Lipinski definition) is 5. The third-order valence-corrected chi connectivity index (χ3v) is 5.58. The molecule has 1 aliphatic heterocycles. The summed E-state index contributed by atoms with van der Waals surface area (Å²) in [4.78, 5) is 4.87. The molecule has 150 valence electrons. The summed E-state index contributed by atoms with van der Waals surface area (Å²) in [5.41, 5.74) is 7.16. The number of aryl methyl sites for hydroxylation is 1. The minimum Gasteiger partial charge on any atom is -0.383 e. The second kappa shape index (κ2) is 8.89. The molecule has 0 amide bonds. The number of hydrogen-bond donors (Lipinski definition) is 3. The fourth-order valence-electron chi connectivity index (χ4n) is 3.80. The van der Waals surface area contributed by atoms with Gasteiger partial charge in [0.05, 0.1) is 23.0 Å². The summed E-state index contributed by atoms with van der Waals surface area (Å²) < 4.78 is 0. The molecular weight excluding hydrogens is 370 g/mol. The van der Waals surface area contributed by atoms with Gasteiger partial charge in [-0.1, -0.05) is 42.0 Å². The van der Waals surface area contributed by atoms with Gasteiger partial charge in [-0.15, -0.1) is 0 Å². The number of pyridine rings is 1. The monoisotopic (exact) mass is 395 g/mol. The molecule has 0 spiro atoms. The molecule has 1 aliphatic rings. The zero-order valence-electron chi connectivity index (χ0n) is 17.1. The second-order valence-corrected chi connectivity index (χ2v) is 7.76. The van der Waals surface area contributed by atoms with E-state index in [1.165, 1.54) is 11.8 Å². The zero-order valence-corrected chi connectivity index (χ0v) is 17.1. The van der Waals surface area contributed by atoms with Crippen molar-refractivity contribution in [3.63, 3.8) is 0 Å². The van der Waals surface area contributed by atoms with Gasteiger partial charge in [-0.25, -0.2) is 4.98 Å². The molecule has 1 fully saturated rings. The summed E-state index contributed by atoms with van der Waals surface area (Å²) in [6.45, 7) is 4.99. The van der Waals surface area contributed by atoms with Crippen LogP contribution in [0.1, 0.15) is 23.2 Å². The van der Waals surface area contributed by atoms with Crippen molar-refractivity contribution < 1.29 is 0 Å². The van der Waals surface area contributed by atoms with E-state index in [-0.39, 0.29) is 0 Å². The Morgan fingerprint density at radius 2 is 1.90 bits per heavy atom. The second-order valence-electron chi connectivity index (χ2n) is 7.76. The standard InChI is InChI=1S/C25H25N5/c1-17-2-6-21(7-3-17)25-22(20-8-4-18(13-26)5-9-20)12-23(24(14-27)30-25)29-16-19-10-11-28-15-19/h2-9,12,14,19,27-29H,10-11,15-16H2,1H3/t19-/m1/s1. The average molecular weight is 396 g/mol. The van der Waals surface area contributed by atoms with E-state index < -0.39 is 0 Å². The Morgan fingerprint density at radius 1 is 1.17 bits per heavy atom. The Bertz CT molecular complexity index is 1070. The van der Waals surface area contributed by atoms with Crippen LogP contribution in [0.15, 0.2) is 54.6 Å². The van der Waals surface area contributed by atoms with Crippen molar-refractivity contribution in [3.8, 4) is 28.5 Å². The Kier molecular flexibility index (Phi) is 5.87. The molecule has 0 unspecified atom stereocenters. The molecule has 5 heteroatoms. The third kappa shape index (κ3) is 4.24. The van der Waals surface area contributed by atoms with Gasteiger partial charge in [0.25, 0.3) is 0 Å². The molecule has 2 heterocycles. The molecule has 1 atom stereocenters.